The molecule has 5 nitrogen and oxygen atoms in total. The Kier molecular flexibility index (Phi) is 5.05. The maximum atomic E-state index is 12.0. The number of hydrogen-bond acceptors (Lipinski definition) is 4. The van der Waals surface area contributed by atoms with Crippen molar-refractivity contribution in [2.75, 3.05) is 6.61 Å². The quantitative estimate of drug-likeness (QED) is 0.697. The Hall–Kier alpha value is -2.79. The highest BCUT2D eigenvalue weighted by atomic mass is 35.5. The second-order valence-corrected chi connectivity index (χ2v) is 6.00. The molecule has 0 saturated heterocycles. The molecular weight excluding hydrogens is 342 g/mol. The van der Waals surface area contributed by atoms with Crippen LogP contribution in [0.3, 0.4) is 0 Å². The Labute approximate surface area is 149 Å². The number of benzene rings is 2. The fourth-order valence-corrected chi connectivity index (χ4v) is 2.50. The molecule has 1 heterocycles. The van der Waals surface area contributed by atoms with Crippen molar-refractivity contribution in [3.8, 4) is 0 Å². The number of amides is 1. The molecule has 0 aliphatic heterocycles. The first-order valence-corrected chi connectivity index (χ1v) is 8.11. The number of rotatable bonds is 5. The van der Waals surface area contributed by atoms with Gasteiger partial charge in [-0.15, -0.1) is 0 Å². The molecule has 1 atom stereocenters. The summed E-state index contributed by atoms with van der Waals surface area (Å²) in [5, 5.41) is 4.23. The van der Waals surface area contributed by atoms with Gasteiger partial charge >= 0.3 is 5.97 Å². The van der Waals surface area contributed by atoms with Crippen LogP contribution >= 0.6 is 11.6 Å². The molecular formula is C19H16ClNO4. The largest absolute Gasteiger partial charge is 0.459 e. The number of halogens is 1. The van der Waals surface area contributed by atoms with E-state index >= 15 is 0 Å². The van der Waals surface area contributed by atoms with Gasteiger partial charge in [-0.3, -0.25) is 4.79 Å². The fraction of sp³-hybridized carbons (Fsp3) is 0.158. The van der Waals surface area contributed by atoms with E-state index < -0.39 is 11.9 Å². The average molecular weight is 358 g/mol. The summed E-state index contributed by atoms with van der Waals surface area (Å²) in [6.45, 7) is 1.43. The number of nitrogens with one attached hydrogen (secondary N) is 1. The third-order valence-corrected chi connectivity index (χ3v) is 3.92. The van der Waals surface area contributed by atoms with E-state index in [-0.39, 0.29) is 12.6 Å². The normalized spacial score (nSPS) is 11.9. The standard InChI is InChI=1S/C19H16ClNO4/c1-12(17-10-14-4-2-3-5-16(14)25-17)21-18(22)11-24-19(23)13-6-8-15(20)9-7-13/h2-10,12H,11H2,1H3,(H,21,22)/t12-/m1/s1. The van der Waals surface area contributed by atoms with E-state index in [0.717, 1.165) is 11.0 Å². The molecule has 0 fully saturated rings. The van der Waals surface area contributed by atoms with Gasteiger partial charge in [-0.2, -0.15) is 0 Å². The third-order valence-electron chi connectivity index (χ3n) is 3.66. The highest BCUT2D eigenvalue weighted by molar-refractivity contribution is 6.30. The van der Waals surface area contributed by atoms with Crippen LogP contribution in [0, 0.1) is 0 Å². The van der Waals surface area contributed by atoms with Crippen molar-refractivity contribution >= 4 is 34.4 Å². The molecule has 0 aliphatic rings. The summed E-state index contributed by atoms with van der Waals surface area (Å²) in [6, 6.07) is 15.4. The number of carbonyl (C=O) groups is 2. The Bertz CT molecular complexity index is 868. The van der Waals surface area contributed by atoms with Gasteiger partial charge in [-0.05, 0) is 43.3 Å². The number of hydrogen-bond donors (Lipinski definition) is 1. The van der Waals surface area contributed by atoms with E-state index in [4.69, 9.17) is 20.8 Å². The highest BCUT2D eigenvalue weighted by Gasteiger charge is 2.16. The van der Waals surface area contributed by atoms with Gasteiger partial charge in [0.1, 0.15) is 11.3 Å². The molecule has 0 saturated carbocycles. The van der Waals surface area contributed by atoms with E-state index in [1.165, 1.54) is 0 Å². The van der Waals surface area contributed by atoms with E-state index in [0.29, 0.717) is 16.3 Å². The first-order chi connectivity index (χ1) is 12.0. The molecule has 1 N–H and O–H groups in total. The van der Waals surface area contributed by atoms with Crippen LogP contribution in [0.15, 0.2) is 59.0 Å². The molecule has 1 amide bonds. The van der Waals surface area contributed by atoms with Crippen LogP contribution in [0.1, 0.15) is 29.1 Å². The second kappa shape index (κ2) is 7.40. The van der Waals surface area contributed by atoms with Gasteiger partial charge in [0.05, 0.1) is 11.6 Å². The summed E-state index contributed by atoms with van der Waals surface area (Å²) in [5.41, 5.74) is 1.09. The lowest BCUT2D eigenvalue weighted by Crippen LogP contribution is -2.30. The Balaban J connectivity index is 1.54. The summed E-state index contributed by atoms with van der Waals surface area (Å²) in [4.78, 5) is 23.9. The first kappa shape index (κ1) is 17.0. The Morgan fingerprint density at radius 2 is 1.88 bits per heavy atom. The molecule has 2 aromatic carbocycles. The van der Waals surface area contributed by atoms with Crippen molar-refractivity contribution in [1.82, 2.24) is 5.32 Å². The van der Waals surface area contributed by atoms with E-state index in [9.17, 15) is 9.59 Å². The smallest absolute Gasteiger partial charge is 0.338 e. The van der Waals surface area contributed by atoms with Gasteiger partial charge in [0.15, 0.2) is 6.61 Å². The number of ether oxygens (including phenoxy) is 1. The van der Waals surface area contributed by atoms with Crippen LogP contribution in [0.25, 0.3) is 11.0 Å². The van der Waals surface area contributed by atoms with Gasteiger partial charge in [-0.25, -0.2) is 4.79 Å². The van der Waals surface area contributed by atoms with Crippen molar-refractivity contribution in [2.45, 2.75) is 13.0 Å². The summed E-state index contributed by atoms with van der Waals surface area (Å²) in [7, 11) is 0. The lowest BCUT2D eigenvalue weighted by Gasteiger charge is -2.11. The van der Waals surface area contributed by atoms with Crippen LogP contribution in [-0.4, -0.2) is 18.5 Å². The van der Waals surface area contributed by atoms with Crippen LogP contribution in [0.4, 0.5) is 0 Å². The van der Waals surface area contributed by atoms with Gasteiger partial charge in [0, 0.05) is 10.4 Å². The lowest BCUT2D eigenvalue weighted by atomic mass is 10.2. The van der Waals surface area contributed by atoms with Crippen molar-refractivity contribution in [2.24, 2.45) is 0 Å². The summed E-state index contributed by atoms with van der Waals surface area (Å²) in [6.07, 6.45) is 0. The first-order valence-electron chi connectivity index (χ1n) is 7.73. The van der Waals surface area contributed by atoms with Gasteiger partial charge in [-0.1, -0.05) is 29.8 Å². The van der Waals surface area contributed by atoms with Crippen molar-refractivity contribution in [1.29, 1.82) is 0 Å². The number of para-hydroxylation sites is 1. The van der Waals surface area contributed by atoms with E-state index in [1.807, 2.05) is 30.3 Å². The minimum atomic E-state index is -0.580. The number of furan rings is 1. The third kappa shape index (κ3) is 4.19. The SMILES string of the molecule is C[C@@H](NC(=O)COC(=O)c1ccc(Cl)cc1)c1cc2ccccc2o1. The maximum Gasteiger partial charge on any atom is 0.338 e. The maximum absolute atomic E-state index is 12.0. The van der Waals surface area contributed by atoms with Crippen molar-refractivity contribution in [3.63, 3.8) is 0 Å². The van der Waals surface area contributed by atoms with Crippen LogP contribution in [0.5, 0.6) is 0 Å². The Morgan fingerprint density at radius 3 is 2.60 bits per heavy atom. The molecule has 1 aromatic heterocycles. The fourth-order valence-electron chi connectivity index (χ4n) is 2.37. The summed E-state index contributed by atoms with van der Waals surface area (Å²) >= 11 is 5.76. The van der Waals surface area contributed by atoms with Crippen LogP contribution in [0.2, 0.25) is 5.02 Å². The predicted molar refractivity (Wildman–Crippen MR) is 94.5 cm³/mol. The zero-order valence-electron chi connectivity index (χ0n) is 13.5. The minimum Gasteiger partial charge on any atom is -0.459 e. The molecule has 0 radical (unpaired) electrons. The van der Waals surface area contributed by atoms with Crippen molar-refractivity contribution in [3.05, 3.63) is 70.9 Å². The zero-order valence-corrected chi connectivity index (χ0v) is 14.2. The number of carbonyl (C=O) groups excluding carboxylic acids is 2. The average Bonchev–Trinajstić information content (AvgIpc) is 3.04. The topological polar surface area (TPSA) is 68.5 Å². The molecule has 25 heavy (non-hydrogen) atoms. The molecule has 6 heteroatoms. The van der Waals surface area contributed by atoms with Gasteiger partial charge in [0.2, 0.25) is 0 Å². The highest BCUT2D eigenvalue weighted by Crippen LogP contribution is 2.23. The van der Waals surface area contributed by atoms with Crippen molar-refractivity contribution < 1.29 is 18.7 Å². The molecule has 0 unspecified atom stereocenters. The van der Waals surface area contributed by atoms with E-state index in [2.05, 4.69) is 5.32 Å². The summed E-state index contributed by atoms with van der Waals surface area (Å²) in [5.74, 6) is -0.350. The molecule has 0 bridgehead atoms. The Morgan fingerprint density at radius 1 is 1.16 bits per heavy atom. The van der Waals surface area contributed by atoms with Gasteiger partial charge in [0.25, 0.3) is 5.91 Å². The van der Waals surface area contributed by atoms with Gasteiger partial charge < -0.3 is 14.5 Å². The molecule has 0 spiro atoms. The predicted octanol–water partition coefficient (Wildman–Crippen LogP) is 4.12. The van der Waals surface area contributed by atoms with Crippen LogP contribution < -0.4 is 5.32 Å². The molecule has 3 aromatic rings. The number of fused-ring (bicyclic) bond motifs is 1. The molecule has 3 rings (SSSR count). The lowest BCUT2D eigenvalue weighted by molar-refractivity contribution is -0.125. The molecule has 0 aliphatic carbocycles. The zero-order chi connectivity index (χ0) is 17.8. The minimum absolute atomic E-state index is 0.336. The second-order valence-electron chi connectivity index (χ2n) is 5.56. The summed E-state index contributed by atoms with van der Waals surface area (Å²) < 4.78 is 10.7. The number of esters is 1. The van der Waals surface area contributed by atoms with E-state index in [1.54, 1.807) is 31.2 Å². The molecule has 128 valence electrons. The monoisotopic (exact) mass is 357 g/mol. The van der Waals surface area contributed by atoms with Crippen LogP contribution in [-0.2, 0) is 9.53 Å².